The Balaban J connectivity index is 0.00000176. The summed E-state index contributed by atoms with van der Waals surface area (Å²) in [7, 11) is -3.83. The molecule has 8 heteroatoms. The van der Waals surface area contributed by atoms with E-state index in [2.05, 4.69) is 14.3 Å². The van der Waals surface area contributed by atoms with Crippen LogP contribution in [0.25, 0.3) is 11.0 Å². The molecule has 6 nitrogen and oxygen atoms in total. The zero-order valence-corrected chi connectivity index (χ0v) is 14.7. The van der Waals surface area contributed by atoms with Crippen LogP contribution in [0.3, 0.4) is 0 Å². The second kappa shape index (κ2) is 6.72. The molecular weight excluding hydrogens is 311 g/mol. The first-order valence-corrected chi connectivity index (χ1v) is 7.54. The van der Waals surface area contributed by atoms with Gasteiger partial charge in [-0.1, -0.05) is 12.1 Å². The van der Waals surface area contributed by atoms with Gasteiger partial charge in [-0.3, -0.25) is 9.19 Å². The van der Waals surface area contributed by atoms with E-state index in [4.69, 9.17) is 5.73 Å². The average Bonchev–Trinajstić information content (AvgIpc) is 2.47. The van der Waals surface area contributed by atoms with Gasteiger partial charge < -0.3 is 10.3 Å². The van der Waals surface area contributed by atoms with E-state index in [1.807, 2.05) is 6.07 Å². The fraction of sp³-hybridized carbons (Fsp3) is 0. The molecule has 1 aromatic heterocycles. The first-order valence-electron chi connectivity index (χ1n) is 6.10. The average molecular weight is 322 g/mol. The van der Waals surface area contributed by atoms with E-state index < -0.39 is 10.0 Å². The first-order chi connectivity index (χ1) is 10.0. The molecule has 0 fully saturated rings. The van der Waals surface area contributed by atoms with E-state index in [0.29, 0.717) is 16.7 Å². The van der Waals surface area contributed by atoms with Crippen LogP contribution in [-0.2, 0) is 10.0 Å². The summed E-state index contributed by atoms with van der Waals surface area (Å²) in [5, 5.41) is 0. The number of aromatic nitrogens is 2. The number of benzene rings is 2. The number of rotatable bonds is 2. The Hall–Kier alpha value is -1.51. The third kappa shape index (κ3) is 3.63. The predicted molar refractivity (Wildman–Crippen MR) is 79.7 cm³/mol. The Labute approximate surface area is 150 Å². The minimum Gasteiger partial charge on any atom is -0.760 e. The largest absolute Gasteiger partial charge is 1.00 e. The number of hydrogen-bond donors (Lipinski definition) is 1. The summed E-state index contributed by atoms with van der Waals surface area (Å²) in [5.74, 6) is 0.0468. The van der Waals surface area contributed by atoms with Crippen molar-refractivity contribution >= 4 is 32.5 Å². The van der Waals surface area contributed by atoms with Crippen molar-refractivity contribution in [3.05, 3.63) is 54.7 Å². The molecule has 0 aliphatic heterocycles. The summed E-state index contributed by atoms with van der Waals surface area (Å²) in [6, 6.07) is 13.0. The fourth-order valence-corrected chi connectivity index (χ4v) is 2.73. The summed E-state index contributed by atoms with van der Waals surface area (Å²) in [4.78, 5) is 8.36. The fourth-order valence-electron chi connectivity index (χ4n) is 1.81. The molecule has 1 unspecified atom stereocenters. The standard InChI is InChI=1S/C14H12N4O2S.Na/c15-10-5-7-11(8-6-10)21(19,20)18-14-9-16-12-3-1-2-4-13(12)17-14;/h1-9H,15H2,(H,17,18,19,20);/q;+1/p-1. The topological polar surface area (TPSA) is 104 Å². The molecule has 2 N–H and O–H groups in total. The van der Waals surface area contributed by atoms with Crippen molar-refractivity contribution in [3.63, 3.8) is 0 Å². The van der Waals surface area contributed by atoms with Crippen molar-refractivity contribution in [2.75, 3.05) is 5.73 Å². The Kier molecular flexibility index (Phi) is 5.15. The van der Waals surface area contributed by atoms with Crippen LogP contribution in [-0.4, -0.2) is 18.7 Å². The van der Waals surface area contributed by atoms with Gasteiger partial charge in [0, 0.05) is 20.6 Å². The molecule has 0 amide bonds. The van der Waals surface area contributed by atoms with Crippen molar-refractivity contribution in [2.24, 2.45) is 4.36 Å². The second-order valence-electron chi connectivity index (χ2n) is 4.35. The summed E-state index contributed by atoms with van der Waals surface area (Å²) >= 11 is 0. The van der Waals surface area contributed by atoms with Crippen molar-refractivity contribution in [3.8, 4) is 0 Å². The molecule has 0 spiro atoms. The number of hydrogen-bond acceptors (Lipinski definition) is 6. The minimum absolute atomic E-state index is 0. The van der Waals surface area contributed by atoms with Crippen LogP contribution < -0.4 is 35.3 Å². The van der Waals surface area contributed by atoms with E-state index in [1.165, 1.54) is 30.5 Å². The van der Waals surface area contributed by atoms with E-state index in [0.717, 1.165) is 0 Å². The van der Waals surface area contributed by atoms with E-state index in [1.54, 1.807) is 18.2 Å². The summed E-state index contributed by atoms with van der Waals surface area (Å²) < 4.78 is 28.0. The summed E-state index contributed by atoms with van der Waals surface area (Å²) in [5.41, 5.74) is 7.29. The molecule has 0 saturated heterocycles. The van der Waals surface area contributed by atoms with Gasteiger partial charge in [-0.15, -0.1) is 0 Å². The van der Waals surface area contributed by atoms with Crippen LogP contribution in [0.15, 0.2) is 64.0 Å². The van der Waals surface area contributed by atoms with Gasteiger partial charge in [-0.25, -0.2) is 4.98 Å². The van der Waals surface area contributed by atoms with Crippen molar-refractivity contribution in [1.82, 2.24) is 9.97 Å². The van der Waals surface area contributed by atoms with E-state index in [9.17, 15) is 8.76 Å². The van der Waals surface area contributed by atoms with Crippen molar-refractivity contribution in [1.29, 1.82) is 0 Å². The molecule has 106 valence electrons. The molecule has 3 rings (SSSR count). The third-order valence-corrected chi connectivity index (χ3v) is 4.12. The van der Waals surface area contributed by atoms with Crippen LogP contribution in [0.1, 0.15) is 0 Å². The van der Waals surface area contributed by atoms with Gasteiger partial charge in [-0.05, 0) is 36.4 Å². The third-order valence-electron chi connectivity index (χ3n) is 2.83. The smallest absolute Gasteiger partial charge is 0.760 e. The van der Waals surface area contributed by atoms with E-state index >= 15 is 0 Å². The number of nitrogens with zero attached hydrogens (tertiary/aromatic N) is 3. The number of nitrogen functional groups attached to an aromatic ring is 1. The molecule has 2 aromatic carbocycles. The number of anilines is 1. The number of nitrogens with two attached hydrogens (primary N) is 1. The van der Waals surface area contributed by atoms with Crippen molar-refractivity contribution in [2.45, 2.75) is 4.90 Å². The molecule has 22 heavy (non-hydrogen) atoms. The van der Waals surface area contributed by atoms with Crippen LogP contribution >= 0.6 is 0 Å². The molecule has 0 aliphatic carbocycles. The van der Waals surface area contributed by atoms with Crippen LogP contribution in [0.5, 0.6) is 0 Å². The number of para-hydroxylation sites is 2. The molecule has 1 atom stereocenters. The molecular formula is C14H11N4NaO2S. The van der Waals surface area contributed by atoms with Gasteiger partial charge in [0.2, 0.25) is 0 Å². The summed E-state index contributed by atoms with van der Waals surface area (Å²) in [6.45, 7) is 0. The molecule has 1 heterocycles. The van der Waals surface area contributed by atoms with Crippen molar-refractivity contribution < 1.29 is 38.3 Å². The van der Waals surface area contributed by atoms with Gasteiger partial charge in [0.05, 0.1) is 17.2 Å². The van der Waals surface area contributed by atoms with Crippen LogP contribution in [0.4, 0.5) is 11.5 Å². The second-order valence-corrected chi connectivity index (χ2v) is 5.96. The SMILES string of the molecule is Nc1ccc(S(=O)([O-])=Nc2cnc3ccccc3n2)cc1.[Na+]. The Bertz CT molecular complexity index is 922. The predicted octanol–water partition coefficient (Wildman–Crippen LogP) is -0.495. The Morgan fingerprint density at radius 1 is 1.05 bits per heavy atom. The van der Waals surface area contributed by atoms with Gasteiger partial charge >= 0.3 is 29.6 Å². The normalized spacial score (nSPS) is 13.1. The maximum absolute atomic E-state index is 12.2. The number of fused-ring (bicyclic) bond motifs is 1. The first kappa shape index (κ1) is 16.9. The molecule has 0 radical (unpaired) electrons. The molecule has 0 aliphatic rings. The van der Waals surface area contributed by atoms with Crippen LogP contribution in [0.2, 0.25) is 0 Å². The monoisotopic (exact) mass is 322 g/mol. The van der Waals surface area contributed by atoms with Gasteiger partial charge in [0.1, 0.15) is 0 Å². The summed E-state index contributed by atoms with van der Waals surface area (Å²) in [6.07, 6.45) is 1.33. The maximum Gasteiger partial charge on any atom is 1.00 e. The Morgan fingerprint density at radius 3 is 2.36 bits per heavy atom. The van der Waals surface area contributed by atoms with E-state index in [-0.39, 0.29) is 40.3 Å². The maximum atomic E-state index is 12.2. The zero-order valence-electron chi connectivity index (χ0n) is 11.8. The van der Waals surface area contributed by atoms with Gasteiger partial charge in [0.25, 0.3) is 0 Å². The molecule has 0 bridgehead atoms. The quantitative estimate of drug-likeness (QED) is 0.506. The van der Waals surface area contributed by atoms with Crippen LogP contribution in [0, 0.1) is 0 Å². The zero-order chi connectivity index (χ0) is 14.9. The van der Waals surface area contributed by atoms with Gasteiger partial charge in [-0.2, -0.15) is 4.36 Å². The minimum atomic E-state index is -3.83. The van der Waals surface area contributed by atoms with Gasteiger partial charge in [0.15, 0.2) is 5.82 Å². The molecule has 3 aromatic rings. The molecule has 0 saturated carbocycles. The Morgan fingerprint density at radius 2 is 1.68 bits per heavy atom.